The third kappa shape index (κ3) is 4.24. The highest BCUT2D eigenvalue weighted by Crippen LogP contribution is 2.29. The molecule has 0 atom stereocenters. The Hall–Kier alpha value is -3.50. The molecule has 0 unspecified atom stereocenters. The van der Waals surface area contributed by atoms with E-state index >= 15 is 0 Å². The molecule has 2 heterocycles. The number of benzene rings is 2. The SMILES string of the molecule is O=C(Nc1ccc(-c2csc(N3CCOCC3)n2)cc1)c1ccc([N+](=O)[O-])c(O)c1. The van der Waals surface area contributed by atoms with Gasteiger partial charge in [0.2, 0.25) is 0 Å². The number of carbonyl (C=O) groups is 1. The lowest BCUT2D eigenvalue weighted by Gasteiger charge is -2.26. The van der Waals surface area contributed by atoms with Crippen LogP contribution in [0.3, 0.4) is 0 Å². The normalized spacial score (nSPS) is 13.8. The van der Waals surface area contributed by atoms with Gasteiger partial charge in [0.25, 0.3) is 5.91 Å². The predicted molar refractivity (Wildman–Crippen MR) is 113 cm³/mol. The molecule has 9 nitrogen and oxygen atoms in total. The molecule has 3 aromatic rings. The number of hydrogen-bond donors (Lipinski definition) is 2. The van der Waals surface area contributed by atoms with Crippen LogP contribution in [0.1, 0.15) is 10.4 Å². The van der Waals surface area contributed by atoms with Gasteiger partial charge in [-0.3, -0.25) is 14.9 Å². The standard InChI is InChI=1S/C20H18N4O5S/c25-18-11-14(3-6-17(18)24(27)28)19(26)21-15-4-1-13(2-5-15)16-12-30-20(22-16)23-7-9-29-10-8-23/h1-6,11-12,25H,7-10H2,(H,21,26). The van der Waals surface area contributed by atoms with Gasteiger partial charge in [-0.05, 0) is 24.3 Å². The van der Waals surface area contributed by atoms with Crippen LogP contribution in [0.5, 0.6) is 5.75 Å². The van der Waals surface area contributed by atoms with Crippen molar-refractivity contribution in [3.05, 3.63) is 63.5 Å². The van der Waals surface area contributed by atoms with Crippen LogP contribution in [0.25, 0.3) is 11.3 Å². The van der Waals surface area contributed by atoms with E-state index in [-0.39, 0.29) is 5.56 Å². The number of amides is 1. The van der Waals surface area contributed by atoms with Crippen LogP contribution in [0.2, 0.25) is 0 Å². The summed E-state index contributed by atoms with van der Waals surface area (Å²) in [5.74, 6) is -1.03. The fourth-order valence-corrected chi connectivity index (χ4v) is 3.93. The number of aromatic hydroxyl groups is 1. The minimum atomic E-state index is -0.710. The third-order valence-electron chi connectivity index (χ3n) is 4.65. The van der Waals surface area contributed by atoms with Gasteiger partial charge in [-0.15, -0.1) is 11.3 Å². The number of carbonyl (C=O) groups excluding carboxylic acids is 1. The number of phenols is 1. The average Bonchev–Trinajstić information content (AvgIpc) is 3.25. The monoisotopic (exact) mass is 426 g/mol. The summed E-state index contributed by atoms with van der Waals surface area (Å²) >= 11 is 1.59. The zero-order valence-electron chi connectivity index (χ0n) is 15.8. The number of nitrogens with one attached hydrogen (secondary N) is 1. The van der Waals surface area contributed by atoms with Gasteiger partial charge in [0.15, 0.2) is 10.9 Å². The Bertz CT molecular complexity index is 1080. The highest BCUT2D eigenvalue weighted by molar-refractivity contribution is 7.14. The van der Waals surface area contributed by atoms with E-state index < -0.39 is 22.3 Å². The molecule has 0 saturated carbocycles. The molecule has 1 saturated heterocycles. The molecule has 154 valence electrons. The summed E-state index contributed by atoms with van der Waals surface area (Å²) in [6.45, 7) is 3.07. The average molecular weight is 426 g/mol. The first kappa shape index (κ1) is 19.8. The van der Waals surface area contributed by atoms with Gasteiger partial charge < -0.3 is 20.1 Å². The summed E-state index contributed by atoms with van der Waals surface area (Å²) in [4.78, 5) is 29.3. The smallest absolute Gasteiger partial charge is 0.310 e. The molecular formula is C20H18N4O5S. The van der Waals surface area contributed by atoms with Gasteiger partial charge in [0, 0.05) is 41.4 Å². The minimum absolute atomic E-state index is 0.122. The molecule has 1 aromatic heterocycles. The van der Waals surface area contributed by atoms with Crippen molar-refractivity contribution in [3.8, 4) is 17.0 Å². The Kier molecular flexibility index (Phi) is 5.59. The zero-order valence-corrected chi connectivity index (χ0v) is 16.6. The van der Waals surface area contributed by atoms with Crippen molar-refractivity contribution < 1.29 is 19.6 Å². The number of nitrogens with zero attached hydrogens (tertiary/aromatic N) is 3. The van der Waals surface area contributed by atoms with Crippen molar-refractivity contribution in [2.24, 2.45) is 0 Å². The summed E-state index contributed by atoms with van der Waals surface area (Å²) in [5, 5.41) is 26.1. The number of aromatic nitrogens is 1. The Morgan fingerprint density at radius 1 is 1.20 bits per heavy atom. The van der Waals surface area contributed by atoms with Crippen molar-refractivity contribution in [2.45, 2.75) is 0 Å². The lowest BCUT2D eigenvalue weighted by atomic mass is 10.1. The Balaban J connectivity index is 1.44. The quantitative estimate of drug-likeness (QED) is 0.473. The zero-order chi connectivity index (χ0) is 21.1. The van der Waals surface area contributed by atoms with Crippen molar-refractivity contribution in [1.29, 1.82) is 0 Å². The van der Waals surface area contributed by atoms with Gasteiger partial charge in [0.1, 0.15) is 0 Å². The Labute approximate surface area is 175 Å². The number of phenolic OH excluding ortho intramolecular Hbond substituents is 1. The fourth-order valence-electron chi connectivity index (χ4n) is 3.04. The molecule has 0 spiro atoms. The molecule has 0 aliphatic carbocycles. The molecule has 1 fully saturated rings. The van der Waals surface area contributed by atoms with Gasteiger partial charge in [-0.1, -0.05) is 12.1 Å². The van der Waals surface area contributed by atoms with Crippen molar-refractivity contribution >= 4 is 33.8 Å². The molecule has 0 radical (unpaired) electrons. The topological polar surface area (TPSA) is 118 Å². The minimum Gasteiger partial charge on any atom is -0.502 e. The van der Waals surface area contributed by atoms with Gasteiger partial charge in [-0.2, -0.15) is 0 Å². The van der Waals surface area contributed by atoms with Crippen LogP contribution in [-0.4, -0.2) is 47.2 Å². The molecule has 10 heteroatoms. The number of nitro groups is 1. The van der Waals surface area contributed by atoms with Crippen LogP contribution < -0.4 is 10.2 Å². The molecule has 1 aliphatic heterocycles. The number of hydrogen-bond acceptors (Lipinski definition) is 8. The summed E-state index contributed by atoms with van der Waals surface area (Å²) in [6.07, 6.45) is 0. The van der Waals surface area contributed by atoms with E-state index in [1.54, 1.807) is 23.5 Å². The lowest BCUT2D eigenvalue weighted by Crippen LogP contribution is -2.36. The molecule has 30 heavy (non-hydrogen) atoms. The highest BCUT2D eigenvalue weighted by Gasteiger charge is 2.17. The summed E-state index contributed by atoms with van der Waals surface area (Å²) in [6, 6.07) is 10.7. The number of ether oxygens (including phenoxy) is 1. The summed E-state index contributed by atoms with van der Waals surface area (Å²) < 4.78 is 5.37. The number of rotatable bonds is 5. The van der Waals surface area contributed by atoms with E-state index in [1.165, 1.54) is 6.07 Å². The molecular weight excluding hydrogens is 408 g/mol. The van der Waals surface area contributed by atoms with Crippen LogP contribution >= 0.6 is 11.3 Å². The van der Waals surface area contributed by atoms with E-state index in [9.17, 15) is 20.0 Å². The van der Waals surface area contributed by atoms with E-state index in [0.29, 0.717) is 18.9 Å². The van der Waals surface area contributed by atoms with E-state index in [0.717, 1.165) is 41.6 Å². The second kappa shape index (κ2) is 8.47. The van der Waals surface area contributed by atoms with Crippen LogP contribution in [0.15, 0.2) is 47.8 Å². The maximum absolute atomic E-state index is 12.4. The Morgan fingerprint density at radius 3 is 2.60 bits per heavy atom. The van der Waals surface area contributed by atoms with Crippen molar-refractivity contribution in [2.75, 3.05) is 36.5 Å². The van der Waals surface area contributed by atoms with Crippen molar-refractivity contribution in [3.63, 3.8) is 0 Å². The van der Waals surface area contributed by atoms with Crippen LogP contribution in [-0.2, 0) is 4.74 Å². The maximum atomic E-state index is 12.4. The fraction of sp³-hybridized carbons (Fsp3) is 0.200. The Morgan fingerprint density at radius 2 is 1.93 bits per heavy atom. The van der Waals surface area contributed by atoms with Gasteiger partial charge in [0.05, 0.1) is 23.8 Å². The number of morpholine rings is 1. The first-order chi connectivity index (χ1) is 14.5. The number of thiazole rings is 1. The first-order valence-corrected chi connectivity index (χ1v) is 10.1. The molecule has 4 rings (SSSR count). The van der Waals surface area contributed by atoms with E-state index in [1.807, 2.05) is 17.5 Å². The number of anilines is 2. The molecule has 2 N–H and O–H groups in total. The number of nitro benzene ring substituents is 1. The molecule has 1 amide bonds. The first-order valence-electron chi connectivity index (χ1n) is 9.19. The van der Waals surface area contributed by atoms with E-state index in [4.69, 9.17) is 9.72 Å². The molecule has 2 aromatic carbocycles. The third-order valence-corrected chi connectivity index (χ3v) is 5.55. The second-order valence-corrected chi connectivity index (χ2v) is 7.44. The summed E-state index contributed by atoms with van der Waals surface area (Å²) in [7, 11) is 0. The van der Waals surface area contributed by atoms with Gasteiger partial charge in [-0.25, -0.2) is 4.98 Å². The highest BCUT2D eigenvalue weighted by atomic mass is 32.1. The van der Waals surface area contributed by atoms with E-state index in [2.05, 4.69) is 10.2 Å². The molecule has 0 bridgehead atoms. The van der Waals surface area contributed by atoms with Crippen LogP contribution in [0.4, 0.5) is 16.5 Å². The predicted octanol–water partition coefficient (Wildman–Crippen LogP) is 3.51. The van der Waals surface area contributed by atoms with Gasteiger partial charge >= 0.3 is 5.69 Å². The molecule has 1 aliphatic rings. The van der Waals surface area contributed by atoms with Crippen molar-refractivity contribution in [1.82, 2.24) is 4.98 Å². The largest absolute Gasteiger partial charge is 0.502 e. The lowest BCUT2D eigenvalue weighted by molar-refractivity contribution is -0.385. The van der Waals surface area contributed by atoms with Crippen LogP contribution in [0, 0.1) is 10.1 Å². The maximum Gasteiger partial charge on any atom is 0.310 e. The second-order valence-electron chi connectivity index (χ2n) is 6.61. The summed E-state index contributed by atoms with van der Waals surface area (Å²) in [5.41, 5.74) is 2.02.